The van der Waals surface area contributed by atoms with Crippen LogP contribution in [0.3, 0.4) is 0 Å². The fraction of sp³-hybridized carbons (Fsp3) is 0.154. The summed E-state index contributed by atoms with van der Waals surface area (Å²) in [6.45, 7) is 1.59. The molecule has 0 aliphatic rings. The molecule has 3 rings (SSSR count). The summed E-state index contributed by atoms with van der Waals surface area (Å²) in [4.78, 5) is 15.3. The third-order valence-corrected chi connectivity index (χ3v) is 4.92. The number of benzene rings is 1. The van der Waals surface area contributed by atoms with E-state index in [0.717, 1.165) is 23.9 Å². The molecule has 1 atom stereocenters. The van der Waals surface area contributed by atoms with Crippen LogP contribution in [0.4, 0.5) is 14.6 Å². The number of hydrogen-bond donors (Lipinski definition) is 0. The molecular weight excluding hydrogens is 332 g/mol. The monoisotopic (exact) mass is 341 g/mol. The Hall–Kier alpha value is -2.00. The van der Waals surface area contributed by atoms with Crippen LogP contribution >= 0.6 is 23.1 Å². The highest BCUT2D eigenvalue weighted by Crippen LogP contribution is 2.41. The molecule has 114 valence electrons. The highest BCUT2D eigenvalue weighted by Gasteiger charge is 2.27. The molecule has 0 saturated heterocycles. The maximum Gasteiger partial charge on any atom is 0.362 e. The third-order valence-electron chi connectivity index (χ3n) is 3.07. The average Bonchev–Trinajstić information content (AvgIpc) is 2.97. The van der Waals surface area contributed by atoms with Crippen molar-refractivity contribution in [1.82, 2.24) is 9.38 Å². The summed E-state index contributed by atoms with van der Waals surface area (Å²) in [5, 5.41) is 12.4. The van der Waals surface area contributed by atoms with Crippen LogP contribution in [0.25, 0.3) is 4.96 Å². The minimum atomic E-state index is -0.677. The van der Waals surface area contributed by atoms with Crippen LogP contribution in [0.15, 0.2) is 34.8 Å². The summed E-state index contributed by atoms with van der Waals surface area (Å²) < 4.78 is 29.0. The number of thiazole rings is 1. The molecule has 2 aromatic heterocycles. The van der Waals surface area contributed by atoms with Crippen molar-refractivity contribution in [2.24, 2.45) is 0 Å². The van der Waals surface area contributed by atoms with Crippen LogP contribution in [-0.2, 0) is 0 Å². The number of halogens is 2. The van der Waals surface area contributed by atoms with Gasteiger partial charge in [-0.25, -0.2) is 8.78 Å². The van der Waals surface area contributed by atoms with Crippen molar-refractivity contribution < 1.29 is 13.7 Å². The number of nitrogens with zero attached hydrogens (tertiary/aromatic N) is 3. The highest BCUT2D eigenvalue weighted by molar-refractivity contribution is 7.99. The number of nitro groups is 1. The molecule has 0 bridgehead atoms. The molecule has 0 radical (unpaired) electrons. The molecule has 0 saturated carbocycles. The highest BCUT2D eigenvalue weighted by atomic mass is 32.2. The fourth-order valence-electron chi connectivity index (χ4n) is 2.12. The van der Waals surface area contributed by atoms with Gasteiger partial charge < -0.3 is 10.1 Å². The molecule has 0 fully saturated rings. The molecule has 0 N–H and O–H groups in total. The molecule has 3 aromatic rings. The first kappa shape index (κ1) is 14.9. The summed E-state index contributed by atoms with van der Waals surface area (Å²) in [5.41, 5.74) is -0.113. The van der Waals surface area contributed by atoms with E-state index in [4.69, 9.17) is 0 Å². The second kappa shape index (κ2) is 5.65. The van der Waals surface area contributed by atoms with Gasteiger partial charge in [-0.05, 0) is 24.0 Å². The SMILES string of the molecule is C[C@H](Sc1nc2sccn2c1[N+](=O)[O-])c1c(F)cccc1F. The van der Waals surface area contributed by atoms with E-state index in [2.05, 4.69) is 4.98 Å². The minimum absolute atomic E-state index is 0.113. The Kier molecular flexibility index (Phi) is 3.83. The van der Waals surface area contributed by atoms with E-state index in [9.17, 15) is 18.9 Å². The van der Waals surface area contributed by atoms with E-state index >= 15 is 0 Å². The molecule has 0 aliphatic carbocycles. The van der Waals surface area contributed by atoms with Crippen LogP contribution in [0.2, 0.25) is 0 Å². The van der Waals surface area contributed by atoms with E-state index in [1.807, 2.05) is 0 Å². The summed E-state index contributed by atoms with van der Waals surface area (Å²) in [6.07, 6.45) is 1.55. The summed E-state index contributed by atoms with van der Waals surface area (Å²) >= 11 is 2.22. The molecule has 22 heavy (non-hydrogen) atoms. The van der Waals surface area contributed by atoms with E-state index in [1.54, 1.807) is 18.5 Å². The van der Waals surface area contributed by atoms with Crippen LogP contribution in [0.5, 0.6) is 0 Å². The van der Waals surface area contributed by atoms with Crippen molar-refractivity contribution in [3.63, 3.8) is 0 Å². The second-order valence-corrected chi connectivity index (χ2v) is 6.65. The molecule has 2 heterocycles. The first-order valence-corrected chi connectivity index (χ1v) is 7.95. The largest absolute Gasteiger partial charge is 0.362 e. The molecule has 0 amide bonds. The zero-order chi connectivity index (χ0) is 15.9. The fourth-order valence-corrected chi connectivity index (χ4v) is 3.99. The Morgan fingerprint density at radius 3 is 2.73 bits per heavy atom. The number of rotatable bonds is 4. The zero-order valence-electron chi connectivity index (χ0n) is 11.2. The van der Waals surface area contributed by atoms with E-state index in [1.165, 1.54) is 21.8 Å². The normalized spacial score (nSPS) is 12.7. The van der Waals surface area contributed by atoms with Gasteiger partial charge in [0.1, 0.15) is 17.8 Å². The van der Waals surface area contributed by atoms with E-state index < -0.39 is 21.8 Å². The van der Waals surface area contributed by atoms with Gasteiger partial charge in [0.15, 0.2) is 5.03 Å². The Bertz CT molecular complexity index is 842. The van der Waals surface area contributed by atoms with Gasteiger partial charge in [0, 0.05) is 16.2 Å². The Labute approximate surface area is 131 Å². The maximum atomic E-state index is 13.8. The van der Waals surface area contributed by atoms with Crippen LogP contribution in [0, 0.1) is 21.7 Å². The second-order valence-electron chi connectivity index (χ2n) is 4.45. The first-order valence-electron chi connectivity index (χ1n) is 6.19. The predicted molar refractivity (Wildman–Crippen MR) is 80.4 cm³/mol. The number of fused-ring (bicyclic) bond motifs is 1. The van der Waals surface area contributed by atoms with Gasteiger partial charge in [0.2, 0.25) is 0 Å². The van der Waals surface area contributed by atoms with Gasteiger partial charge in [-0.15, -0.1) is 0 Å². The van der Waals surface area contributed by atoms with Crippen molar-refractivity contribution in [3.05, 3.63) is 57.1 Å². The molecular formula is C13H9F2N3O2S2. The molecule has 9 heteroatoms. The topological polar surface area (TPSA) is 60.4 Å². The Morgan fingerprint density at radius 1 is 1.41 bits per heavy atom. The average molecular weight is 341 g/mol. The molecule has 1 aromatic carbocycles. The number of thioether (sulfide) groups is 1. The van der Waals surface area contributed by atoms with Gasteiger partial charge >= 0.3 is 5.82 Å². The number of aromatic nitrogens is 2. The van der Waals surface area contributed by atoms with E-state index in [0.29, 0.717) is 4.96 Å². The maximum absolute atomic E-state index is 13.8. The van der Waals surface area contributed by atoms with Crippen molar-refractivity contribution in [3.8, 4) is 0 Å². The van der Waals surface area contributed by atoms with Gasteiger partial charge in [-0.2, -0.15) is 9.38 Å². The minimum Gasteiger partial charge on any atom is -0.358 e. The molecule has 0 aliphatic heterocycles. The van der Waals surface area contributed by atoms with Crippen LogP contribution < -0.4 is 0 Å². The smallest absolute Gasteiger partial charge is 0.358 e. The lowest BCUT2D eigenvalue weighted by Crippen LogP contribution is -1.99. The summed E-state index contributed by atoms with van der Waals surface area (Å²) in [5.74, 6) is -1.54. The lowest BCUT2D eigenvalue weighted by atomic mass is 10.1. The van der Waals surface area contributed by atoms with Crippen molar-refractivity contribution >= 4 is 33.9 Å². The molecule has 5 nitrogen and oxygen atoms in total. The lowest BCUT2D eigenvalue weighted by Gasteiger charge is -2.11. The lowest BCUT2D eigenvalue weighted by molar-refractivity contribution is -0.393. The van der Waals surface area contributed by atoms with Gasteiger partial charge in [0.25, 0.3) is 4.96 Å². The van der Waals surface area contributed by atoms with Gasteiger partial charge in [-0.1, -0.05) is 29.2 Å². The van der Waals surface area contributed by atoms with Crippen molar-refractivity contribution in [2.75, 3.05) is 0 Å². The Morgan fingerprint density at radius 2 is 2.09 bits per heavy atom. The zero-order valence-corrected chi connectivity index (χ0v) is 12.8. The molecule has 0 spiro atoms. The first-order chi connectivity index (χ1) is 10.5. The van der Waals surface area contributed by atoms with Crippen molar-refractivity contribution in [2.45, 2.75) is 17.2 Å². The van der Waals surface area contributed by atoms with Gasteiger partial charge in [-0.3, -0.25) is 0 Å². The Balaban J connectivity index is 2.01. The van der Waals surface area contributed by atoms with Crippen molar-refractivity contribution in [1.29, 1.82) is 0 Å². The molecule has 0 unspecified atom stereocenters. The quantitative estimate of drug-likeness (QED) is 0.400. The van der Waals surface area contributed by atoms with Crippen LogP contribution in [0.1, 0.15) is 17.7 Å². The van der Waals surface area contributed by atoms with Crippen LogP contribution in [-0.4, -0.2) is 14.3 Å². The van der Waals surface area contributed by atoms with E-state index in [-0.39, 0.29) is 16.4 Å². The summed E-state index contributed by atoms with van der Waals surface area (Å²) in [6, 6.07) is 3.60. The number of hydrogen-bond acceptors (Lipinski definition) is 5. The summed E-state index contributed by atoms with van der Waals surface area (Å²) in [7, 11) is 0. The standard InChI is InChI=1S/C13H9F2N3O2S2/c1-7(10-8(14)3-2-4-9(10)15)22-11-12(18(19)20)17-5-6-21-13(17)16-11/h2-7H,1H3/t7-/m0/s1. The van der Waals surface area contributed by atoms with Gasteiger partial charge in [0.05, 0.1) is 0 Å². The predicted octanol–water partition coefficient (Wildman–Crippen LogP) is 4.44. The number of imidazole rings is 1. The third kappa shape index (κ3) is 2.46.